The molecule has 1 amide bonds. The van der Waals surface area contributed by atoms with Crippen LogP contribution in [0.2, 0.25) is 0 Å². The van der Waals surface area contributed by atoms with Gasteiger partial charge < -0.3 is 10.1 Å². The smallest absolute Gasteiger partial charge is 0.340 e. The highest BCUT2D eigenvalue weighted by molar-refractivity contribution is 6.00. The first-order valence-electron chi connectivity index (χ1n) is 5.69. The molecule has 0 saturated heterocycles. The first-order chi connectivity index (χ1) is 8.15. The largest absolute Gasteiger partial charge is 0.462 e. The number of amides is 1. The van der Waals surface area contributed by atoms with E-state index in [0.717, 1.165) is 12.8 Å². The van der Waals surface area contributed by atoms with Crippen LogP contribution in [0.15, 0.2) is 24.3 Å². The fourth-order valence-electron chi connectivity index (χ4n) is 1.35. The second-order valence-electron chi connectivity index (χ2n) is 3.72. The first-order valence-corrected chi connectivity index (χ1v) is 5.69. The molecule has 1 aromatic rings. The van der Waals surface area contributed by atoms with Gasteiger partial charge in [-0.05, 0) is 18.6 Å². The SMILES string of the molecule is CCCCOC(=O)c1ccccc1NC(C)=O. The summed E-state index contributed by atoms with van der Waals surface area (Å²) >= 11 is 0. The van der Waals surface area contributed by atoms with Crippen LogP contribution in [0.5, 0.6) is 0 Å². The summed E-state index contributed by atoms with van der Waals surface area (Å²) in [4.78, 5) is 22.7. The predicted octanol–water partition coefficient (Wildman–Crippen LogP) is 2.60. The van der Waals surface area contributed by atoms with Gasteiger partial charge in [0.15, 0.2) is 0 Å². The monoisotopic (exact) mass is 235 g/mol. The van der Waals surface area contributed by atoms with Gasteiger partial charge >= 0.3 is 5.97 Å². The van der Waals surface area contributed by atoms with Crippen LogP contribution < -0.4 is 5.32 Å². The Labute approximate surface area is 101 Å². The molecule has 0 bridgehead atoms. The molecule has 0 aliphatic rings. The summed E-state index contributed by atoms with van der Waals surface area (Å²) in [5, 5.41) is 2.60. The molecule has 1 N–H and O–H groups in total. The quantitative estimate of drug-likeness (QED) is 0.630. The standard InChI is InChI=1S/C13H17NO3/c1-3-4-9-17-13(16)11-7-5-6-8-12(11)14-10(2)15/h5-8H,3-4,9H2,1-2H3,(H,14,15). The van der Waals surface area contributed by atoms with Crippen molar-refractivity contribution in [1.29, 1.82) is 0 Å². The van der Waals surface area contributed by atoms with Gasteiger partial charge in [0.25, 0.3) is 0 Å². The van der Waals surface area contributed by atoms with Crippen LogP contribution in [0.4, 0.5) is 5.69 Å². The molecule has 0 aromatic heterocycles. The molecule has 0 aliphatic heterocycles. The van der Waals surface area contributed by atoms with E-state index in [1.54, 1.807) is 24.3 Å². The summed E-state index contributed by atoms with van der Waals surface area (Å²) in [5.74, 6) is -0.610. The van der Waals surface area contributed by atoms with Crippen molar-refractivity contribution in [3.05, 3.63) is 29.8 Å². The summed E-state index contributed by atoms with van der Waals surface area (Å²) in [6.45, 7) is 3.84. The van der Waals surface area contributed by atoms with Crippen molar-refractivity contribution >= 4 is 17.6 Å². The van der Waals surface area contributed by atoms with Crippen molar-refractivity contribution in [2.45, 2.75) is 26.7 Å². The van der Waals surface area contributed by atoms with E-state index < -0.39 is 5.97 Å². The third-order valence-electron chi connectivity index (χ3n) is 2.19. The van der Waals surface area contributed by atoms with Crippen molar-refractivity contribution in [3.63, 3.8) is 0 Å². The number of esters is 1. The molecule has 0 fully saturated rings. The Morgan fingerprint density at radius 3 is 2.65 bits per heavy atom. The Balaban J connectivity index is 2.74. The average Bonchev–Trinajstić information content (AvgIpc) is 2.29. The molecular weight excluding hydrogens is 218 g/mol. The lowest BCUT2D eigenvalue weighted by Crippen LogP contribution is -2.13. The highest BCUT2D eigenvalue weighted by Crippen LogP contribution is 2.16. The number of ether oxygens (including phenoxy) is 1. The van der Waals surface area contributed by atoms with Crippen LogP contribution in [0, 0.1) is 0 Å². The first kappa shape index (κ1) is 13.2. The van der Waals surface area contributed by atoms with Crippen molar-refractivity contribution in [3.8, 4) is 0 Å². The molecule has 0 aliphatic carbocycles. The maximum absolute atomic E-state index is 11.7. The summed E-state index contributed by atoms with van der Waals surface area (Å²) in [5.41, 5.74) is 0.875. The van der Waals surface area contributed by atoms with Crippen molar-refractivity contribution in [2.24, 2.45) is 0 Å². The molecule has 92 valence electrons. The Morgan fingerprint density at radius 1 is 1.29 bits per heavy atom. The number of para-hydroxylation sites is 1. The molecule has 4 heteroatoms. The summed E-state index contributed by atoms with van der Waals surface area (Å²) in [6.07, 6.45) is 1.81. The second kappa shape index (κ2) is 6.68. The zero-order valence-electron chi connectivity index (χ0n) is 10.2. The van der Waals surface area contributed by atoms with E-state index >= 15 is 0 Å². The number of carbonyl (C=O) groups excluding carboxylic acids is 2. The fourth-order valence-corrected chi connectivity index (χ4v) is 1.35. The van der Waals surface area contributed by atoms with Gasteiger partial charge in [-0.2, -0.15) is 0 Å². The fraction of sp³-hybridized carbons (Fsp3) is 0.385. The summed E-state index contributed by atoms with van der Waals surface area (Å²) in [7, 11) is 0. The minimum atomic E-state index is -0.400. The van der Waals surface area contributed by atoms with E-state index in [-0.39, 0.29) is 5.91 Å². The number of hydrogen-bond donors (Lipinski definition) is 1. The topological polar surface area (TPSA) is 55.4 Å². The zero-order chi connectivity index (χ0) is 12.7. The van der Waals surface area contributed by atoms with Crippen LogP contribution in [-0.2, 0) is 9.53 Å². The average molecular weight is 235 g/mol. The number of nitrogens with one attached hydrogen (secondary N) is 1. The van der Waals surface area contributed by atoms with Crippen LogP contribution in [-0.4, -0.2) is 18.5 Å². The number of unbranched alkanes of at least 4 members (excludes halogenated alkanes) is 1. The molecule has 0 atom stereocenters. The lowest BCUT2D eigenvalue weighted by molar-refractivity contribution is -0.114. The minimum Gasteiger partial charge on any atom is -0.462 e. The number of carbonyl (C=O) groups is 2. The molecule has 0 spiro atoms. The molecular formula is C13H17NO3. The summed E-state index contributed by atoms with van der Waals surface area (Å²) < 4.78 is 5.10. The van der Waals surface area contributed by atoms with Gasteiger partial charge in [-0.3, -0.25) is 4.79 Å². The molecule has 17 heavy (non-hydrogen) atoms. The third-order valence-corrected chi connectivity index (χ3v) is 2.19. The van der Waals surface area contributed by atoms with E-state index in [1.165, 1.54) is 6.92 Å². The van der Waals surface area contributed by atoms with Crippen molar-refractivity contribution in [2.75, 3.05) is 11.9 Å². The second-order valence-corrected chi connectivity index (χ2v) is 3.72. The third kappa shape index (κ3) is 4.26. The Kier molecular flexibility index (Phi) is 5.20. The van der Waals surface area contributed by atoms with E-state index in [0.29, 0.717) is 17.9 Å². The number of hydrogen-bond acceptors (Lipinski definition) is 3. The van der Waals surface area contributed by atoms with Crippen LogP contribution >= 0.6 is 0 Å². The zero-order valence-corrected chi connectivity index (χ0v) is 10.2. The maximum atomic E-state index is 11.7. The lowest BCUT2D eigenvalue weighted by Gasteiger charge is -2.09. The molecule has 0 unspecified atom stereocenters. The number of benzene rings is 1. The van der Waals surface area contributed by atoms with Crippen molar-refractivity contribution in [1.82, 2.24) is 0 Å². The summed E-state index contributed by atoms with van der Waals surface area (Å²) in [6, 6.07) is 6.81. The molecule has 4 nitrogen and oxygen atoms in total. The lowest BCUT2D eigenvalue weighted by atomic mass is 10.2. The van der Waals surface area contributed by atoms with Gasteiger partial charge in [0.1, 0.15) is 0 Å². The molecule has 1 aromatic carbocycles. The van der Waals surface area contributed by atoms with Crippen LogP contribution in [0.25, 0.3) is 0 Å². The predicted molar refractivity (Wildman–Crippen MR) is 65.9 cm³/mol. The molecule has 0 saturated carbocycles. The molecule has 1 rings (SSSR count). The highest BCUT2D eigenvalue weighted by atomic mass is 16.5. The normalized spacial score (nSPS) is 9.76. The Bertz CT molecular complexity index is 401. The van der Waals surface area contributed by atoms with Gasteiger partial charge in [-0.25, -0.2) is 4.79 Å². The number of anilines is 1. The van der Waals surface area contributed by atoms with Gasteiger partial charge in [-0.1, -0.05) is 25.5 Å². The molecule has 0 radical (unpaired) electrons. The van der Waals surface area contributed by atoms with E-state index in [4.69, 9.17) is 4.74 Å². The van der Waals surface area contributed by atoms with Gasteiger partial charge in [0, 0.05) is 6.92 Å². The maximum Gasteiger partial charge on any atom is 0.340 e. The Morgan fingerprint density at radius 2 is 2.00 bits per heavy atom. The Hall–Kier alpha value is -1.84. The van der Waals surface area contributed by atoms with E-state index in [9.17, 15) is 9.59 Å². The highest BCUT2D eigenvalue weighted by Gasteiger charge is 2.12. The van der Waals surface area contributed by atoms with E-state index in [2.05, 4.69) is 5.32 Å². The van der Waals surface area contributed by atoms with E-state index in [1.807, 2.05) is 6.92 Å². The van der Waals surface area contributed by atoms with Gasteiger partial charge in [0.05, 0.1) is 17.9 Å². The molecule has 0 heterocycles. The van der Waals surface area contributed by atoms with Crippen LogP contribution in [0.3, 0.4) is 0 Å². The van der Waals surface area contributed by atoms with Gasteiger partial charge in [-0.15, -0.1) is 0 Å². The number of rotatable bonds is 5. The van der Waals surface area contributed by atoms with Crippen LogP contribution in [0.1, 0.15) is 37.0 Å². The minimum absolute atomic E-state index is 0.209. The van der Waals surface area contributed by atoms with Crippen molar-refractivity contribution < 1.29 is 14.3 Å². The van der Waals surface area contributed by atoms with Gasteiger partial charge in [0.2, 0.25) is 5.91 Å².